The number of phenolic OH excluding ortho intramolecular Hbond substituents is 3. The van der Waals surface area contributed by atoms with Crippen molar-refractivity contribution in [1.82, 2.24) is 0 Å². The van der Waals surface area contributed by atoms with Gasteiger partial charge in [0.2, 0.25) is 0 Å². The van der Waals surface area contributed by atoms with Gasteiger partial charge >= 0.3 is 0 Å². The summed E-state index contributed by atoms with van der Waals surface area (Å²) in [5.41, 5.74) is 7.94. The SMILES string of the molecule is Cc1cc(C)c(C(c2cccc(O)c2)c2c(C)cc(C)c(C)c2O)c(O)c1C. The summed E-state index contributed by atoms with van der Waals surface area (Å²) in [4.78, 5) is 0. The summed E-state index contributed by atoms with van der Waals surface area (Å²) < 4.78 is 0. The molecule has 0 atom stereocenters. The van der Waals surface area contributed by atoms with Crippen LogP contribution in [0.3, 0.4) is 0 Å². The minimum atomic E-state index is -0.398. The van der Waals surface area contributed by atoms with E-state index in [0.29, 0.717) is 0 Å². The first-order valence-corrected chi connectivity index (χ1v) is 9.51. The number of aromatic hydroxyl groups is 3. The number of hydrogen-bond acceptors (Lipinski definition) is 3. The Kier molecular flexibility index (Phi) is 5.12. The zero-order valence-corrected chi connectivity index (χ0v) is 17.4. The standard InChI is InChI=1S/C25H28O3/c1-13-10-15(3)21(24(27)17(13)5)23(19-8-7-9-20(26)12-19)22-16(4)11-14(2)18(6)25(22)28/h7-12,23,26-28H,1-6H3. The molecule has 0 bridgehead atoms. The van der Waals surface area contributed by atoms with Gasteiger partial charge in [-0.05, 0) is 92.6 Å². The highest BCUT2D eigenvalue weighted by molar-refractivity contribution is 5.62. The average molecular weight is 376 g/mol. The van der Waals surface area contributed by atoms with Gasteiger partial charge in [0.15, 0.2) is 0 Å². The topological polar surface area (TPSA) is 60.7 Å². The fourth-order valence-electron chi connectivity index (χ4n) is 4.08. The van der Waals surface area contributed by atoms with Crippen molar-refractivity contribution < 1.29 is 15.3 Å². The Morgan fingerprint density at radius 2 is 1.07 bits per heavy atom. The maximum atomic E-state index is 11.1. The summed E-state index contributed by atoms with van der Waals surface area (Å²) in [5, 5.41) is 32.3. The highest BCUT2D eigenvalue weighted by Crippen LogP contribution is 2.46. The molecular formula is C25H28O3. The fourth-order valence-corrected chi connectivity index (χ4v) is 4.08. The highest BCUT2D eigenvalue weighted by atomic mass is 16.3. The summed E-state index contributed by atoms with van der Waals surface area (Å²) in [6.07, 6.45) is 0. The Morgan fingerprint density at radius 1 is 0.607 bits per heavy atom. The van der Waals surface area contributed by atoms with E-state index in [1.165, 1.54) is 0 Å². The van der Waals surface area contributed by atoms with Gasteiger partial charge in [0, 0.05) is 17.0 Å². The third kappa shape index (κ3) is 3.22. The lowest BCUT2D eigenvalue weighted by atomic mass is 9.78. The molecule has 0 amide bonds. The lowest BCUT2D eigenvalue weighted by molar-refractivity contribution is 0.451. The second kappa shape index (κ2) is 7.23. The number of aryl methyl sites for hydroxylation is 4. The summed E-state index contributed by atoms with van der Waals surface area (Å²) in [6.45, 7) is 11.7. The first kappa shape index (κ1) is 19.8. The summed E-state index contributed by atoms with van der Waals surface area (Å²) in [5.74, 6) is 0.237. The van der Waals surface area contributed by atoms with E-state index < -0.39 is 5.92 Å². The summed E-state index contributed by atoms with van der Waals surface area (Å²) in [7, 11) is 0. The van der Waals surface area contributed by atoms with Gasteiger partial charge in [-0.3, -0.25) is 0 Å². The molecule has 3 aromatic carbocycles. The first-order valence-electron chi connectivity index (χ1n) is 9.51. The van der Waals surface area contributed by atoms with E-state index in [2.05, 4.69) is 12.1 Å². The van der Waals surface area contributed by atoms with Crippen LogP contribution < -0.4 is 0 Å². The van der Waals surface area contributed by atoms with E-state index in [9.17, 15) is 15.3 Å². The van der Waals surface area contributed by atoms with Gasteiger partial charge in [-0.2, -0.15) is 0 Å². The Bertz CT molecular complexity index is 1000. The van der Waals surface area contributed by atoms with Crippen molar-refractivity contribution in [3.05, 3.63) is 86.5 Å². The Labute approximate surface area is 166 Å². The van der Waals surface area contributed by atoms with Crippen molar-refractivity contribution in [2.45, 2.75) is 47.5 Å². The van der Waals surface area contributed by atoms with Crippen molar-refractivity contribution in [1.29, 1.82) is 0 Å². The van der Waals surface area contributed by atoms with Crippen LogP contribution in [0.5, 0.6) is 17.2 Å². The van der Waals surface area contributed by atoms with Gasteiger partial charge < -0.3 is 15.3 Å². The van der Waals surface area contributed by atoms with Crippen molar-refractivity contribution in [3.63, 3.8) is 0 Å². The molecule has 0 saturated carbocycles. The smallest absolute Gasteiger partial charge is 0.123 e. The molecule has 28 heavy (non-hydrogen) atoms. The minimum absolute atomic E-state index is 0.157. The van der Waals surface area contributed by atoms with Crippen molar-refractivity contribution >= 4 is 0 Å². The van der Waals surface area contributed by atoms with Gasteiger partial charge in [0.25, 0.3) is 0 Å². The van der Waals surface area contributed by atoms with Crippen LogP contribution in [0.15, 0.2) is 36.4 Å². The van der Waals surface area contributed by atoms with E-state index in [1.54, 1.807) is 18.2 Å². The Balaban J connectivity index is 2.44. The molecule has 0 aliphatic heterocycles. The molecule has 0 spiro atoms. The zero-order chi connectivity index (χ0) is 20.7. The molecule has 0 aliphatic carbocycles. The summed E-state index contributed by atoms with van der Waals surface area (Å²) in [6, 6.07) is 11.2. The molecule has 3 aromatic rings. The minimum Gasteiger partial charge on any atom is -0.508 e. The van der Waals surface area contributed by atoms with E-state index in [1.807, 2.05) is 47.6 Å². The van der Waals surface area contributed by atoms with Gasteiger partial charge in [-0.1, -0.05) is 24.3 Å². The number of hydrogen-bond donors (Lipinski definition) is 3. The molecule has 0 heterocycles. The fraction of sp³-hybridized carbons (Fsp3) is 0.280. The number of benzene rings is 3. The Hall–Kier alpha value is -2.94. The van der Waals surface area contributed by atoms with Crippen LogP contribution in [0.2, 0.25) is 0 Å². The molecule has 0 aromatic heterocycles. The molecule has 146 valence electrons. The molecule has 0 radical (unpaired) electrons. The van der Waals surface area contributed by atoms with Crippen molar-refractivity contribution in [2.75, 3.05) is 0 Å². The van der Waals surface area contributed by atoms with Crippen LogP contribution in [-0.2, 0) is 0 Å². The largest absolute Gasteiger partial charge is 0.508 e. The zero-order valence-electron chi connectivity index (χ0n) is 17.4. The Morgan fingerprint density at radius 3 is 1.50 bits per heavy atom. The van der Waals surface area contributed by atoms with E-state index in [4.69, 9.17) is 0 Å². The van der Waals surface area contributed by atoms with E-state index >= 15 is 0 Å². The monoisotopic (exact) mass is 376 g/mol. The summed E-state index contributed by atoms with van der Waals surface area (Å²) >= 11 is 0. The number of phenols is 3. The van der Waals surface area contributed by atoms with Crippen LogP contribution >= 0.6 is 0 Å². The molecular weight excluding hydrogens is 348 g/mol. The van der Waals surface area contributed by atoms with E-state index in [0.717, 1.165) is 50.1 Å². The molecule has 0 fully saturated rings. The van der Waals surface area contributed by atoms with Crippen LogP contribution in [0.4, 0.5) is 0 Å². The average Bonchev–Trinajstić information content (AvgIpc) is 2.63. The molecule has 3 rings (SSSR count). The predicted octanol–water partition coefficient (Wildman–Crippen LogP) is 5.83. The number of rotatable bonds is 3. The normalized spacial score (nSPS) is 11.2. The van der Waals surface area contributed by atoms with Crippen LogP contribution in [0, 0.1) is 41.5 Å². The third-order valence-electron chi connectivity index (χ3n) is 5.90. The van der Waals surface area contributed by atoms with E-state index in [-0.39, 0.29) is 17.2 Å². The lowest BCUT2D eigenvalue weighted by Crippen LogP contribution is -2.10. The second-order valence-electron chi connectivity index (χ2n) is 7.82. The maximum Gasteiger partial charge on any atom is 0.123 e. The van der Waals surface area contributed by atoms with Crippen LogP contribution in [0.25, 0.3) is 0 Å². The third-order valence-corrected chi connectivity index (χ3v) is 5.90. The van der Waals surface area contributed by atoms with Gasteiger partial charge in [-0.25, -0.2) is 0 Å². The lowest BCUT2D eigenvalue weighted by Gasteiger charge is -2.27. The van der Waals surface area contributed by atoms with Crippen LogP contribution in [-0.4, -0.2) is 15.3 Å². The van der Waals surface area contributed by atoms with Gasteiger partial charge in [0.05, 0.1) is 0 Å². The predicted molar refractivity (Wildman–Crippen MR) is 114 cm³/mol. The molecule has 0 aliphatic rings. The van der Waals surface area contributed by atoms with Crippen molar-refractivity contribution in [2.24, 2.45) is 0 Å². The second-order valence-corrected chi connectivity index (χ2v) is 7.82. The van der Waals surface area contributed by atoms with Gasteiger partial charge in [0.1, 0.15) is 17.2 Å². The quantitative estimate of drug-likeness (QED) is 0.504. The first-order chi connectivity index (χ1) is 13.1. The van der Waals surface area contributed by atoms with Crippen molar-refractivity contribution in [3.8, 4) is 17.2 Å². The highest BCUT2D eigenvalue weighted by Gasteiger charge is 2.28. The molecule has 0 unspecified atom stereocenters. The molecule has 0 saturated heterocycles. The van der Waals surface area contributed by atoms with Crippen LogP contribution in [0.1, 0.15) is 56.0 Å². The molecule has 3 N–H and O–H groups in total. The maximum absolute atomic E-state index is 11.1. The van der Waals surface area contributed by atoms with Gasteiger partial charge in [-0.15, -0.1) is 0 Å². The molecule has 3 heteroatoms. The molecule has 3 nitrogen and oxygen atoms in total.